The molecule has 0 radical (unpaired) electrons. The fourth-order valence-electron chi connectivity index (χ4n) is 4.28. The van der Waals surface area contributed by atoms with E-state index in [9.17, 15) is 10.1 Å². The molecule has 1 saturated heterocycles. The van der Waals surface area contributed by atoms with Crippen molar-refractivity contribution in [2.24, 2.45) is 0 Å². The van der Waals surface area contributed by atoms with Crippen molar-refractivity contribution >= 4 is 28.5 Å². The molecule has 0 amide bonds. The van der Waals surface area contributed by atoms with Gasteiger partial charge in [-0.1, -0.05) is 60.7 Å². The first-order chi connectivity index (χ1) is 17.2. The lowest BCUT2D eigenvalue weighted by molar-refractivity contribution is -0.145. The van der Waals surface area contributed by atoms with Gasteiger partial charge < -0.3 is 14.5 Å². The average molecular weight is 464 g/mol. The van der Waals surface area contributed by atoms with Crippen molar-refractivity contribution in [2.75, 3.05) is 36.0 Å². The van der Waals surface area contributed by atoms with Gasteiger partial charge in [-0.15, -0.1) is 0 Å². The summed E-state index contributed by atoms with van der Waals surface area (Å²) in [6.45, 7) is 3.10. The van der Waals surface area contributed by atoms with E-state index in [0.29, 0.717) is 30.1 Å². The van der Waals surface area contributed by atoms with Gasteiger partial charge in [0.05, 0.1) is 17.1 Å². The van der Waals surface area contributed by atoms with Crippen LogP contribution in [-0.4, -0.2) is 42.1 Å². The van der Waals surface area contributed by atoms with Crippen molar-refractivity contribution in [1.29, 1.82) is 5.26 Å². The predicted octanol–water partition coefficient (Wildman–Crippen LogP) is 4.31. The third-order valence-corrected chi connectivity index (χ3v) is 6.14. The number of carbonyl (C=O) groups excluding carboxylic acids is 1. The fraction of sp³-hybridized carbons (Fsp3) is 0.214. The number of ether oxygens (including phenoxy) is 1. The summed E-state index contributed by atoms with van der Waals surface area (Å²) in [4.78, 5) is 27.0. The summed E-state index contributed by atoms with van der Waals surface area (Å²) in [5.74, 6) is -1.22. The van der Waals surface area contributed by atoms with Crippen LogP contribution in [0.1, 0.15) is 17.2 Å². The number of hydrogen-bond acceptors (Lipinski definition) is 7. The zero-order valence-corrected chi connectivity index (χ0v) is 19.2. The Hall–Kier alpha value is -4.44. The maximum atomic E-state index is 13.0. The zero-order valence-electron chi connectivity index (χ0n) is 19.2. The van der Waals surface area contributed by atoms with Crippen molar-refractivity contribution in [3.05, 3.63) is 96.2 Å². The monoisotopic (exact) mass is 463 g/mol. The summed E-state index contributed by atoms with van der Waals surface area (Å²) in [5.41, 5.74) is 3.75. The minimum absolute atomic E-state index is 0.101. The van der Waals surface area contributed by atoms with Crippen LogP contribution < -0.4 is 9.80 Å². The Morgan fingerprint density at radius 1 is 0.829 bits per heavy atom. The van der Waals surface area contributed by atoms with Crippen molar-refractivity contribution in [1.82, 2.24) is 9.97 Å². The van der Waals surface area contributed by atoms with E-state index in [1.54, 1.807) is 0 Å². The molecule has 0 saturated carbocycles. The lowest BCUT2D eigenvalue weighted by Crippen LogP contribution is -2.47. The summed E-state index contributed by atoms with van der Waals surface area (Å²) < 4.78 is 5.51. The number of esters is 1. The Morgan fingerprint density at radius 3 is 2.06 bits per heavy atom. The smallest absolute Gasteiger partial charge is 0.330 e. The van der Waals surface area contributed by atoms with Crippen LogP contribution in [0.4, 0.5) is 11.5 Å². The van der Waals surface area contributed by atoms with Gasteiger partial charge in [0.2, 0.25) is 0 Å². The molecule has 7 heteroatoms. The molecule has 0 N–H and O–H groups in total. The highest BCUT2D eigenvalue weighted by molar-refractivity contribution is 5.85. The normalized spacial score (nSPS) is 14.4. The van der Waals surface area contributed by atoms with Crippen LogP contribution in [0.5, 0.6) is 0 Å². The van der Waals surface area contributed by atoms with E-state index < -0.39 is 11.9 Å². The van der Waals surface area contributed by atoms with Crippen LogP contribution in [0, 0.1) is 11.3 Å². The van der Waals surface area contributed by atoms with Crippen molar-refractivity contribution in [3.8, 4) is 6.07 Å². The summed E-state index contributed by atoms with van der Waals surface area (Å²) in [6.07, 6.45) is 0. The lowest BCUT2D eigenvalue weighted by Gasteiger charge is -2.37. The Morgan fingerprint density at radius 2 is 1.40 bits per heavy atom. The van der Waals surface area contributed by atoms with Crippen LogP contribution in [0.25, 0.3) is 11.0 Å². The van der Waals surface area contributed by atoms with Crippen LogP contribution in [0.3, 0.4) is 0 Å². The summed E-state index contributed by atoms with van der Waals surface area (Å²) in [6, 6.07) is 29.3. The number of para-hydroxylation sites is 3. The maximum Gasteiger partial charge on any atom is 0.330 e. The first-order valence-electron chi connectivity index (χ1n) is 11.6. The van der Waals surface area contributed by atoms with E-state index in [0.717, 1.165) is 24.2 Å². The molecule has 1 atom stereocenters. The van der Waals surface area contributed by atoms with Gasteiger partial charge >= 0.3 is 5.97 Å². The quantitative estimate of drug-likeness (QED) is 0.394. The Kier molecular flexibility index (Phi) is 6.53. The van der Waals surface area contributed by atoms with E-state index in [4.69, 9.17) is 14.7 Å². The van der Waals surface area contributed by atoms with Crippen molar-refractivity contribution < 1.29 is 9.53 Å². The SMILES string of the molecule is N#C[C@@H](C(=O)OCc1ccccc1)c1nc2ccccc2nc1N1CCN(c2ccccc2)CC1. The maximum absolute atomic E-state index is 13.0. The third-order valence-electron chi connectivity index (χ3n) is 6.14. The molecule has 0 bridgehead atoms. The number of nitriles is 1. The Labute approximate surface area is 204 Å². The third kappa shape index (κ3) is 4.92. The molecule has 0 aliphatic carbocycles. The van der Waals surface area contributed by atoms with E-state index >= 15 is 0 Å². The highest BCUT2D eigenvalue weighted by Crippen LogP contribution is 2.29. The van der Waals surface area contributed by atoms with Crippen molar-refractivity contribution in [2.45, 2.75) is 12.5 Å². The second-order valence-corrected chi connectivity index (χ2v) is 8.39. The molecule has 0 spiro atoms. The van der Waals surface area contributed by atoms with Crippen LogP contribution in [-0.2, 0) is 16.1 Å². The molecule has 0 unspecified atom stereocenters. The fourth-order valence-corrected chi connectivity index (χ4v) is 4.28. The zero-order chi connectivity index (χ0) is 24.0. The van der Waals surface area contributed by atoms with Crippen LogP contribution in [0.2, 0.25) is 0 Å². The van der Waals surface area contributed by atoms with Crippen LogP contribution >= 0.6 is 0 Å². The predicted molar refractivity (Wildman–Crippen MR) is 135 cm³/mol. The van der Waals surface area contributed by atoms with Crippen LogP contribution in [0.15, 0.2) is 84.9 Å². The second-order valence-electron chi connectivity index (χ2n) is 8.39. The molecule has 1 aliphatic heterocycles. The minimum atomic E-state index is -1.17. The van der Waals surface area contributed by atoms with E-state index in [1.165, 1.54) is 5.69 Å². The van der Waals surface area contributed by atoms with Gasteiger partial charge in [0.1, 0.15) is 12.3 Å². The van der Waals surface area contributed by atoms with Gasteiger partial charge in [0, 0.05) is 31.9 Å². The number of anilines is 2. The first-order valence-corrected chi connectivity index (χ1v) is 11.6. The number of piperazine rings is 1. The molecular formula is C28H25N5O2. The van der Waals surface area contributed by atoms with Crippen molar-refractivity contribution in [3.63, 3.8) is 0 Å². The number of aromatic nitrogens is 2. The summed E-state index contributed by atoms with van der Waals surface area (Å²) >= 11 is 0. The Bertz CT molecular complexity index is 1350. The van der Waals surface area contributed by atoms with E-state index in [-0.39, 0.29) is 6.61 Å². The number of benzene rings is 3. The second kappa shape index (κ2) is 10.2. The molecular weight excluding hydrogens is 438 g/mol. The molecule has 174 valence electrons. The minimum Gasteiger partial charge on any atom is -0.460 e. The topological polar surface area (TPSA) is 82.3 Å². The number of hydrogen-bond donors (Lipinski definition) is 0. The molecule has 1 aliphatic rings. The highest BCUT2D eigenvalue weighted by atomic mass is 16.5. The van der Waals surface area contributed by atoms with Gasteiger partial charge in [0.25, 0.3) is 0 Å². The summed E-state index contributed by atoms with van der Waals surface area (Å²) in [7, 11) is 0. The number of carbonyl (C=O) groups is 1. The molecule has 7 nitrogen and oxygen atoms in total. The molecule has 35 heavy (non-hydrogen) atoms. The standard InChI is InChI=1S/C28H25N5O2/c29-19-23(28(34)35-20-21-9-3-1-4-10-21)26-27(31-25-14-8-7-13-24(25)30-26)33-17-15-32(16-18-33)22-11-5-2-6-12-22/h1-14,23H,15-18,20H2/t23-/m1/s1. The molecule has 5 rings (SSSR count). The van der Waals surface area contributed by atoms with E-state index in [2.05, 4.69) is 28.0 Å². The van der Waals surface area contributed by atoms with E-state index in [1.807, 2.05) is 72.8 Å². The van der Waals surface area contributed by atoms with Gasteiger partial charge in [-0.25, -0.2) is 9.97 Å². The molecule has 1 fully saturated rings. The number of rotatable bonds is 6. The average Bonchev–Trinajstić information content (AvgIpc) is 2.93. The molecule has 1 aromatic heterocycles. The molecule has 3 aromatic carbocycles. The highest BCUT2D eigenvalue weighted by Gasteiger charge is 2.31. The lowest BCUT2D eigenvalue weighted by atomic mass is 10.1. The number of fused-ring (bicyclic) bond motifs is 1. The van der Waals surface area contributed by atoms with Gasteiger partial charge in [0.15, 0.2) is 11.7 Å². The molecule has 4 aromatic rings. The number of nitrogens with zero attached hydrogens (tertiary/aromatic N) is 5. The van der Waals surface area contributed by atoms with Gasteiger partial charge in [-0.2, -0.15) is 5.26 Å². The van der Waals surface area contributed by atoms with Gasteiger partial charge in [-0.3, -0.25) is 4.79 Å². The Balaban J connectivity index is 1.42. The first kappa shape index (κ1) is 22.4. The largest absolute Gasteiger partial charge is 0.460 e. The summed E-state index contributed by atoms with van der Waals surface area (Å²) in [5, 5.41) is 9.99. The van der Waals surface area contributed by atoms with Gasteiger partial charge in [-0.05, 0) is 29.8 Å². The molecule has 2 heterocycles.